The van der Waals surface area contributed by atoms with E-state index in [4.69, 9.17) is 4.74 Å². The van der Waals surface area contributed by atoms with Gasteiger partial charge in [-0.2, -0.15) is 0 Å². The minimum absolute atomic E-state index is 0.242. The number of fused-ring (bicyclic) bond motifs is 1. The van der Waals surface area contributed by atoms with Gasteiger partial charge < -0.3 is 15.0 Å². The molecule has 9 heteroatoms. The Morgan fingerprint density at radius 3 is 2.81 bits per heavy atom. The molecule has 0 spiro atoms. The second-order valence-corrected chi connectivity index (χ2v) is 7.12. The maximum Gasteiger partial charge on any atom is 0.278 e. The largest absolute Gasteiger partial charge is 0.497 e. The van der Waals surface area contributed by atoms with E-state index < -0.39 is 0 Å². The molecule has 2 aromatic carbocycles. The van der Waals surface area contributed by atoms with E-state index in [-0.39, 0.29) is 11.6 Å². The number of aromatic nitrogens is 6. The summed E-state index contributed by atoms with van der Waals surface area (Å²) in [6.07, 6.45) is 1.72. The molecule has 9 nitrogen and oxygen atoms in total. The zero-order valence-corrected chi connectivity index (χ0v) is 17.4. The summed E-state index contributed by atoms with van der Waals surface area (Å²) in [5.74, 6) is 1.02. The van der Waals surface area contributed by atoms with E-state index in [1.54, 1.807) is 31.0 Å². The first kappa shape index (κ1) is 19.4. The van der Waals surface area contributed by atoms with Crippen molar-refractivity contribution in [3.63, 3.8) is 0 Å². The summed E-state index contributed by atoms with van der Waals surface area (Å²) in [4.78, 5) is 25.0. The number of carbonyl (C=O) groups excluding carboxylic acids is 1. The van der Waals surface area contributed by atoms with Crippen LogP contribution in [-0.2, 0) is 0 Å². The molecule has 0 radical (unpaired) electrons. The fourth-order valence-corrected chi connectivity index (χ4v) is 3.43. The van der Waals surface area contributed by atoms with Gasteiger partial charge in [0.15, 0.2) is 11.5 Å². The molecule has 0 saturated heterocycles. The number of nitrogens with one attached hydrogen (secondary N) is 2. The van der Waals surface area contributed by atoms with Crippen LogP contribution in [0.2, 0.25) is 0 Å². The van der Waals surface area contributed by atoms with E-state index >= 15 is 0 Å². The Morgan fingerprint density at radius 1 is 1.09 bits per heavy atom. The van der Waals surface area contributed by atoms with E-state index in [0.717, 1.165) is 22.4 Å². The molecule has 0 aliphatic carbocycles. The Labute approximate surface area is 183 Å². The summed E-state index contributed by atoms with van der Waals surface area (Å²) in [6, 6.07) is 18.5. The van der Waals surface area contributed by atoms with E-state index in [1.165, 1.54) is 0 Å². The number of nitrogens with zero attached hydrogens (tertiary/aromatic N) is 5. The van der Waals surface area contributed by atoms with Crippen molar-refractivity contribution in [3.05, 3.63) is 78.2 Å². The SMILES string of the molecule is COc1cccc(-n2nnc(C(=O)Nc3ccc4nc(-c5ccccn5)[nH]c4c3)c2C)c1. The van der Waals surface area contributed by atoms with E-state index in [1.807, 2.05) is 54.6 Å². The van der Waals surface area contributed by atoms with Crippen LogP contribution in [0, 0.1) is 6.92 Å². The molecule has 0 atom stereocenters. The van der Waals surface area contributed by atoms with Gasteiger partial charge in [-0.05, 0) is 49.4 Å². The standard InChI is InChI=1S/C23H19N7O2/c1-14-21(28-29-30(14)16-6-5-7-17(13-16)32-2)23(31)25-15-9-10-18-20(12-15)27-22(26-18)19-8-3-4-11-24-19/h3-13H,1-2H3,(H,25,31)(H,26,27). The number of carbonyl (C=O) groups is 1. The third-order valence-corrected chi connectivity index (χ3v) is 5.05. The summed E-state index contributed by atoms with van der Waals surface area (Å²) in [5.41, 5.74) is 4.56. The monoisotopic (exact) mass is 425 g/mol. The summed E-state index contributed by atoms with van der Waals surface area (Å²) in [7, 11) is 1.60. The van der Waals surface area contributed by atoms with Crippen LogP contribution in [0.3, 0.4) is 0 Å². The molecule has 0 saturated carbocycles. The smallest absolute Gasteiger partial charge is 0.278 e. The highest BCUT2D eigenvalue weighted by molar-refractivity contribution is 6.04. The van der Waals surface area contributed by atoms with Gasteiger partial charge in [0, 0.05) is 18.0 Å². The molecule has 0 unspecified atom stereocenters. The first-order valence-electron chi connectivity index (χ1n) is 9.91. The Bertz CT molecular complexity index is 1420. The maximum absolute atomic E-state index is 12.9. The van der Waals surface area contributed by atoms with Crippen LogP contribution in [0.15, 0.2) is 66.9 Å². The highest BCUT2D eigenvalue weighted by Crippen LogP contribution is 2.23. The third kappa shape index (κ3) is 3.56. The lowest BCUT2D eigenvalue weighted by molar-refractivity contribution is 0.102. The van der Waals surface area contributed by atoms with Crippen LogP contribution in [0.1, 0.15) is 16.2 Å². The molecule has 32 heavy (non-hydrogen) atoms. The zero-order valence-electron chi connectivity index (χ0n) is 17.4. The summed E-state index contributed by atoms with van der Waals surface area (Å²) < 4.78 is 6.87. The maximum atomic E-state index is 12.9. The number of H-pyrrole nitrogens is 1. The normalized spacial score (nSPS) is 10.9. The van der Waals surface area contributed by atoms with Gasteiger partial charge in [-0.15, -0.1) is 5.10 Å². The predicted octanol–water partition coefficient (Wildman–Crippen LogP) is 3.77. The molecule has 3 aromatic heterocycles. The number of anilines is 1. The fourth-order valence-electron chi connectivity index (χ4n) is 3.43. The molecule has 0 fully saturated rings. The first-order chi connectivity index (χ1) is 15.6. The molecule has 0 bridgehead atoms. The summed E-state index contributed by atoms with van der Waals surface area (Å²) >= 11 is 0. The number of hydrogen-bond donors (Lipinski definition) is 2. The van der Waals surface area contributed by atoms with Crippen LogP contribution in [0.4, 0.5) is 5.69 Å². The van der Waals surface area contributed by atoms with Crippen molar-refractivity contribution in [1.82, 2.24) is 29.9 Å². The van der Waals surface area contributed by atoms with Gasteiger partial charge >= 0.3 is 0 Å². The van der Waals surface area contributed by atoms with E-state index in [2.05, 4.69) is 30.6 Å². The van der Waals surface area contributed by atoms with Gasteiger partial charge in [-0.25, -0.2) is 9.67 Å². The van der Waals surface area contributed by atoms with Gasteiger partial charge in [0.25, 0.3) is 5.91 Å². The number of ether oxygens (including phenoxy) is 1. The molecular weight excluding hydrogens is 406 g/mol. The summed E-state index contributed by atoms with van der Waals surface area (Å²) in [6.45, 7) is 1.80. The molecule has 5 aromatic rings. The summed E-state index contributed by atoms with van der Waals surface area (Å²) in [5, 5.41) is 11.1. The van der Waals surface area contributed by atoms with Crippen molar-refractivity contribution in [2.75, 3.05) is 12.4 Å². The van der Waals surface area contributed by atoms with Crippen molar-refractivity contribution in [1.29, 1.82) is 0 Å². The van der Waals surface area contributed by atoms with Gasteiger partial charge in [0.05, 0.1) is 29.5 Å². The topological polar surface area (TPSA) is 111 Å². The molecule has 0 aliphatic rings. The van der Waals surface area contributed by atoms with E-state index in [9.17, 15) is 4.79 Å². The average Bonchev–Trinajstić information content (AvgIpc) is 3.43. The van der Waals surface area contributed by atoms with Crippen molar-refractivity contribution < 1.29 is 9.53 Å². The molecule has 2 N–H and O–H groups in total. The second kappa shape index (κ2) is 7.95. The van der Waals surface area contributed by atoms with Crippen molar-refractivity contribution in [2.45, 2.75) is 6.92 Å². The zero-order chi connectivity index (χ0) is 22.1. The van der Waals surface area contributed by atoms with Crippen molar-refractivity contribution in [2.24, 2.45) is 0 Å². The van der Waals surface area contributed by atoms with Gasteiger partial charge in [-0.1, -0.05) is 17.3 Å². The van der Waals surface area contributed by atoms with Crippen molar-refractivity contribution >= 4 is 22.6 Å². The highest BCUT2D eigenvalue weighted by Gasteiger charge is 2.18. The highest BCUT2D eigenvalue weighted by atomic mass is 16.5. The lowest BCUT2D eigenvalue weighted by Crippen LogP contribution is -2.14. The predicted molar refractivity (Wildman–Crippen MR) is 120 cm³/mol. The number of pyridine rings is 1. The third-order valence-electron chi connectivity index (χ3n) is 5.05. The Balaban J connectivity index is 1.39. The second-order valence-electron chi connectivity index (χ2n) is 7.12. The molecule has 5 rings (SSSR count). The minimum Gasteiger partial charge on any atom is -0.497 e. The Kier molecular flexibility index (Phi) is 4.83. The lowest BCUT2D eigenvalue weighted by atomic mass is 10.2. The number of benzene rings is 2. The van der Waals surface area contributed by atoms with Gasteiger partial charge in [0.1, 0.15) is 11.4 Å². The Morgan fingerprint density at radius 2 is 2.00 bits per heavy atom. The quantitative estimate of drug-likeness (QED) is 0.443. The number of amides is 1. The number of aromatic amines is 1. The number of methoxy groups -OCH3 is 1. The number of hydrogen-bond acceptors (Lipinski definition) is 6. The Hall–Kier alpha value is -4.53. The molecule has 0 aliphatic heterocycles. The molecule has 158 valence electrons. The van der Waals surface area contributed by atoms with Crippen LogP contribution in [0.25, 0.3) is 28.2 Å². The fraction of sp³-hybridized carbons (Fsp3) is 0.0870. The average molecular weight is 425 g/mol. The van der Waals surface area contributed by atoms with Crippen LogP contribution >= 0.6 is 0 Å². The number of imidazole rings is 1. The number of rotatable bonds is 5. The molecular formula is C23H19N7O2. The molecule has 1 amide bonds. The van der Waals surface area contributed by atoms with Crippen LogP contribution in [-0.4, -0.2) is 43.0 Å². The van der Waals surface area contributed by atoms with E-state index in [0.29, 0.717) is 23.0 Å². The minimum atomic E-state index is -0.347. The molecule has 3 heterocycles. The van der Waals surface area contributed by atoms with Crippen molar-refractivity contribution in [3.8, 4) is 23.0 Å². The van der Waals surface area contributed by atoms with Crippen LogP contribution < -0.4 is 10.1 Å². The van der Waals surface area contributed by atoms with Gasteiger partial charge in [-0.3, -0.25) is 9.78 Å². The van der Waals surface area contributed by atoms with Crippen LogP contribution in [0.5, 0.6) is 5.75 Å². The van der Waals surface area contributed by atoms with Gasteiger partial charge in [0.2, 0.25) is 0 Å². The lowest BCUT2D eigenvalue weighted by Gasteiger charge is -2.06. The first-order valence-corrected chi connectivity index (χ1v) is 9.91.